The molecule has 27 heavy (non-hydrogen) atoms. The second-order valence-electron chi connectivity index (χ2n) is 5.98. The Morgan fingerprint density at radius 3 is 2.59 bits per heavy atom. The summed E-state index contributed by atoms with van der Waals surface area (Å²) < 4.78 is 10.6. The number of carbonyl (C=O) groups is 1. The summed E-state index contributed by atoms with van der Waals surface area (Å²) in [6, 6.07) is 13.5. The molecule has 0 aromatic heterocycles. The third-order valence-electron chi connectivity index (χ3n) is 4.25. The zero-order valence-corrected chi connectivity index (χ0v) is 15.6. The van der Waals surface area contributed by atoms with Gasteiger partial charge in [-0.25, -0.2) is 5.43 Å². The number of rotatable bonds is 8. The standard InChI is InChI=1S/C20H24N4O3/c1-3-24(4-2)17-8-5-15(6-9-17)12-22-23-20(25)13-21-16-7-10-18-19(11-16)27-14-26-18/h5-12,21H,3-4,13-14H2,1-2H3,(H,23,25)/b22-12-. The van der Waals surface area contributed by atoms with E-state index in [1.54, 1.807) is 12.3 Å². The van der Waals surface area contributed by atoms with Crippen LogP contribution in [0.1, 0.15) is 19.4 Å². The van der Waals surface area contributed by atoms with Crippen molar-refractivity contribution in [3.05, 3.63) is 48.0 Å². The van der Waals surface area contributed by atoms with Crippen LogP contribution in [0.25, 0.3) is 0 Å². The maximum atomic E-state index is 11.9. The summed E-state index contributed by atoms with van der Waals surface area (Å²) in [4.78, 5) is 14.2. The van der Waals surface area contributed by atoms with Crippen LogP contribution in [0, 0.1) is 0 Å². The molecule has 1 amide bonds. The second-order valence-corrected chi connectivity index (χ2v) is 5.98. The first-order valence-electron chi connectivity index (χ1n) is 9.00. The van der Waals surface area contributed by atoms with Crippen molar-refractivity contribution in [1.29, 1.82) is 0 Å². The number of benzene rings is 2. The smallest absolute Gasteiger partial charge is 0.259 e. The SMILES string of the molecule is CCN(CC)c1ccc(/C=N\NC(=O)CNc2ccc3c(c2)OCO3)cc1. The molecule has 0 aliphatic carbocycles. The van der Waals surface area contributed by atoms with Crippen LogP contribution in [0.3, 0.4) is 0 Å². The number of amides is 1. The number of nitrogens with one attached hydrogen (secondary N) is 2. The molecule has 0 unspecified atom stereocenters. The van der Waals surface area contributed by atoms with Gasteiger partial charge in [-0.3, -0.25) is 4.79 Å². The van der Waals surface area contributed by atoms with E-state index in [0.717, 1.165) is 24.3 Å². The molecule has 7 heteroatoms. The molecule has 1 heterocycles. The zero-order valence-electron chi connectivity index (χ0n) is 15.6. The van der Waals surface area contributed by atoms with Crippen LogP contribution in [-0.4, -0.2) is 38.5 Å². The molecule has 2 aromatic carbocycles. The fraction of sp³-hybridized carbons (Fsp3) is 0.300. The van der Waals surface area contributed by atoms with Gasteiger partial charge in [0, 0.05) is 30.5 Å². The van der Waals surface area contributed by atoms with Crippen molar-refractivity contribution in [2.45, 2.75) is 13.8 Å². The van der Waals surface area contributed by atoms with Gasteiger partial charge in [0.15, 0.2) is 11.5 Å². The minimum Gasteiger partial charge on any atom is -0.454 e. The van der Waals surface area contributed by atoms with Gasteiger partial charge in [0.2, 0.25) is 6.79 Å². The van der Waals surface area contributed by atoms with Crippen molar-refractivity contribution in [2.24, 2.45) is 5.10 Å². The third-order valence-corrected chi connectivity index (χ3v) is 4.25. The molecule has 2 N–H and O–H groups in total. The molecule has 7 nitrogen and oxygen atoms in total. The lowest BCUT2D eigenvalue weighted by Crippen LogP contribution is -2.25. The molecule has 0 radical (unpaired) electrons. The molecule has 3 rings (SSSR count). The van der Waals surface area contributed by atoms with Crippen LogP contribution < -0.4 is 25.1 Å². The van der Waals surface area contributed by atoms with E-state index in [-0.39, 0.29) is 19.2 Å². The van der Waals surface area contributed by atoms with Gasteiger partial charge in [0.05, 0.1) is 12.8 Å². The summed E-state index contributed by atoms with van der Waals surface area (Å²) in [7, 11) is 0. The summed E-state index contributed by atoms with van der Waals surface area (Å²) in [6.45, 7) is 6.53. The molecule has 1 aliphatic rings. The normalized spacial score (nSPS) is 12.2. The molecular formula is C20H24N4O3. The van der Waals surface area contributed by atoms with Crippen LogP contribution in [0.5, 0.6) is 11.5 Å². The second kappa shape index (κ2) is 8.93. The molecule has 0 bridgehead atoms. The van der Waals surface area contributed by atoms with E-state index in [4.69, 9.17) is 9.47 Å². The summed E-state index contributed by atoms with van der Waals surface area (Å²) >= 11 is 0. The van der Waals surface area contributed by atoms with E-state index in [1.807, 2.05) is 24.3 Å². The van der Waals surface area contributed by atoms with Crippen LogP contribution in [0.4, 0.5) is 11.4 Å². The van der Waals surface area contributed by atoms with Crippen LogP contribution in [0.2, 0.25) is 0 Å². The lowest BCUT2D eigenvalue weighted by atomic mass is 10.2. The van der Waals surface area contributed by atoms with E-state index in [0.29, 0.717) is 11.5 Å². The van der Waals surface area contributed by atoms with Crippen molar-refractivity contribution >= 4 is 23.5 Å². The lowest BCUT2D eigenvalue weighted by molar-refractivity contribution is -0.119. The number of hydrogen-bond donors (Lipinski definition) is 2. The molecule has 142 valence electrons. The molecule has 2 aromatic rings. The Morgan fingerprint density at radius 1 is 1.11 bits per heavy atom. The summed E-state index contributed by atoms with van der Waals surface area (Å²) in [5.74, 6) is 1.15. The Morgan fingerprint density at radius 2 is 1.85 bits per heavy atom. The molecule has 0 spiro atoms. The lowest BCUT2D eigenvalue weighted by Gasteiger charge is -2.20. The number of carbonyl (C=O) groups excluding carboxylic acids is 1. The van der Waals surface area contributed by atoms with E-state index in [2.05, 4.69) is 46.7 Å². The maximum Gasteiger partial charge on any atom is 0.259 e. The fourth-order valence-corrected chi connectivity index (χ4v) is 2.77. The largest absolute Gasteiger partial charge is 0.454 e. The molecule has 1 aliphatic heterocycles. The number of nitrogens with zero attached hydrogens (tertiary/aromatic N) is 2. The monoisotopic (exact) mass is 368 g/mol. The van der Waals surface area contributed by atoms with Crippen molar-refractivity contribution in [2.75, 3.05) is 36.6 Å². The van der Waals surface area contributed by atoms with Crippen molar-refractivity contribution < 1.29 is 14.3 Å². The van der Waals surface area contributed by atoms with Gasteiger partial charge in [0.25, 0.3) is 5.91 Å². The quantitative estimate of drug-likeness (QED) is 0.554. The van der Waals surface area contributed by atoms with Crippen molar-refractivity contribution in [3.63, 3.8) is 0 Å². The number of hydrazone groups is 1. The molecule has 0 saturated heterocycles. The first-order chi connectivity index (χ1) is 13.2. The molecule has 0 saturated carbocycles. The fourth-order valence-electron chi connectivity index (χ4n) is 2.77. The van der Waals surface area contributed by atoms with E-state index in [9.17, 15) is 4.79 Å². The Bertz CT molecular complexity index is 801. The first-order valence-corrected chi connectivity index (χ1v) is 9.00. The predicted octanol–water partition coefficient (Wildman–Crippen LogP) is 2.82. The summed E-state index contributed by atoms with van der Waals surface area (Å²) in [6.07, 6.45) is 1.63. The van der Waals surface area contributed by atoms with Crippen LogP contribution in [0.15, 0.2) is 47.6 Å². The Labute approximate surface area is 159 Å². The van der Waals surface area contributed by atoms with Gasteiger partial charge in [-0.15, -0.1) is 0 Å². The minimum atomic E-state index is -0.233. The zero-order chi connectivity index (χ0) is 19.1. The average Bonchev–Trinajstić information content (AvgIpc) is 3.16. The van der Waals surface area contributed by atoms with E-state index < -0.39 is 0 Å². The highest BCUT2D eigenvalue weighted by atomic mass is 16.7. The third kappa shape index (κ3) is 4.91. The van der Waals surface area contributed by atoms with E-state index in [1.165, 1.54) is 5.69 Å². The van der Waals surface area contributed by atoms with Gasteiger partial charge >= 0.3 is 0 Å². The highest BCUT2D eigenvalue weighted by Gasteiger charge is 2.13. The number of ether oxygens (including phenoxy) is 2. The highest BCUT2D eigenvalue weighted by Crippen LogP contribution is 2.34. The van der Waals surface area contributed by atoms with Crippen LogP contribution in [-0.2, 0) is 4.79 Å². The first kappa shape index (κ1) is 18.6. The Balaban J connectivity index is 1.46. The summed E-state index contributed by atoms with van der Waals surface area (Å²) in [5, 5.41) is 7.03. The van der Waals surface area contributed by atoms with Gasteiger partial charge in [-0.1, -0.05) is 12.1 Å². The van der Waals surface area contributed by atoms with Gasteiger partial charge < -0.3 is 19.7 Å². The van der Waals surface area contributed by atoms with E-state index >= 15 is 0 Å². The Kier molecular flexibility index (Phi) is 6.14. The maximum absolute atomic E-state index is 11.9. The number of anilines is 2. The van der Waals surface area contributed by atoms with Crippen molar-refractivity contribution in [3.8, 4) is 11.5 Å². The average molecular weight is 368 g/mol. The highest BCUT2D eigenvalue weighted by molar-refractivity contribution is 5.84. The van der Waals surface area contributed by atoms with Crippen molar-refractivity contribution in [1.82, 2.24) is 5.43 Å². The predicted molar refractivity (Wildman–Crippen MR) is 107 cm³/mol. The minimum absolute atomic E-state index is 0.109. The number of hydrogen-bond acceptors (Lipinski definition) is 6. The van der Waals surface area contributed by atoms with Gasteiger partial charge in [-0.05, 0) is 43.7 Å². The molecular weight excluding hydrogens is 344 g/mol. The Hall–Kier alpha value is -3.22. The summed E-state index contributed by atoms with van der Waals surface area (Å²) in [5.41, 5.74) is 5.40. The topological polar surface area (TPSA) is 75.2 Å². The van der Waals surface area contributed by atoms with Crippen LogP contribution >= 0.6 is 0 Å². The van der Waals surface area contributed by atoms with Gasteiger partial charge in [0.1, 0.15) is 0 Å². The molecule has 0 fully saturated rings. The number of fused-ring (bicyclic) bond motifs is 1. The molecule has 0 atom stereocenters. The van der Waals surface area contributed by atoms with Gasteiger partial charge in [-0.2, -0.15) is 5.10 Å².